The minimum atomic E-state index is -0.139. The van der Waals surface area contributed by atoms with Crippen molar-refractivity contribution >= 4 is 11.7 Å². The molecule has 0 atom stereocenters. The van der Waals surface area contributed by atoms with Gasteiger partial charge in [-0.15, -0.1) is 0 Å². The molecule has 0 saturated heterocycles. The Bertz CT molecular complexity index is 669. The van der Waals surface area contributed by atoms with E-state index in [2.05, 4.69) is 39.8 Å². The molecule has 25 heavy (non-hydrogen) atoms. The van der Waals surface area contributed by atoms with Crippen LogP contribution in [0.3, 0.4) is 0 Å². The van der Waals surface area contributed by atoms with E-state index in [1.54, 1.807) is 7.11 Å². The molecule has 2 aromatic rings. The highest BCUT2D eigenvalue weighted by Crippen LogP contribution is 2.17. The summed E-state index contributed by atoms with van der Waals surface area (Å²) in [6.07, 6.45) is 1.55. The molecule has 0 aromatic heterocycles. The van der Waals surface area contributed by atoms with E-state index in [9.17, 15) is 4.79 Å². The van der Waals surface area contributed by atoms with E-state index in [4.69, 9.17) is 4.74 Å². The Balaban J connectivity index is 1.67. The summed E-state index contributed by atoms with van der Waals surface area (Å²) in [6.45, 7) is 1.19. The molecule has 0 saturated carbocycles. The van der Waals surface area contributed by atoms with Crippen LogP contribution in [0.25, 0.3) is 0 Å². The van der Waals surface area contributed by atoms with Gasteiger partial charge in [0.2, 0.25) is 0 Å². The molecular weight excluding hydrogens is 314 g/mol. The van der Waals surface area contributed by atoms with E-state index in [-0.39, 0.29) is 6.03 Å². The van der Waals surface area contributed by atoms with Gasteiger partial charge in [-0.1, -0.05) is 30.3 Å². The van der Waals surface area contributed by atoms with Crippen molar-refractivity contribution < 1.29 is 9.53 Å². The zero-order valence-electron chi connectivity index (χ0n) is 15.2. The average molecular weight is 341 g/mol. The Labute approximate surface area is 150 Å². The molecule has 5 heteroatoms. The molecule has 0 fully saturated rings. The number of carbonyl (C=O) groups is 1. The van der Waals surface area contributed by atoms with Crippen LogP contribution in [-0.4, -0.2) is 40.3 Å². The predicted octanol–water partition coefficient (Wildman–Crippen LogP) is 2.85. The fourth-order valence-corrected chi connectivity index (χ4v) is 2.56. The number of ether oxygens (including phenoxy) is 1. The first-order valence-corrected chi connectivity index (χ1v) is 8.50. The standard InChI is InChI=1S/C20H27N3O2/c1-23(2)18-10-8-16(9-11-18)12-14-21-20(24)22-15-13-17-6-4-5-7-19(17)25-3/h4-11H,12-15H2,1-3H3,(H2,21,22,24). The highest BCUT2D eigenvalue weighted by Gasteiger charge is 2.04. The van der Waals surface area contributed by atoms with Crippen LogP contribution in [0.2, 0.25) is 0 Å². The van der Waals surface area contributed by atoms with Crippen molar-refractivity contribution in [3.63, 3.8) is 0 Å². The van der Waals surface area contributed by atoms with Crippen molar-refractivity contribution in [2.75, 3.05) is 39.2 Å². The number of amides is 2. The van der Waals surface area contributed by atoms with Crippen LogP contribution >= 0.6 is 0 Å². The number of para-hydroxylation sites is 1. The summed E-state index contributed by atoms with van der Waals surface area (Å²) in [7, 11) is 5.70. The number of anilines is 1. The Morgan fingerprint density at radius 3 is 2.24 bits per heavy atom. The second-order valence-electron chi connectivity index (χ2n) is 6.06. The average Bonchev–Trinajstić information content (AvgIpc) is 2.62. The van der Waals surface area contributed by atoms with Crippen LogP contribution in [0.15, 0.2) is 48.5 Å². The highest BCUT2D eigenvalue weighted by atomic mass is 16.5. The first-order chi connectivity index (χ1) is 12.1. The second kappa shape index (κ2) is 9.57. The number of hydrogen-bond acceptors (Lipinski definition) is 3. The van der Waals surface area contributed by atoms with Crippen molar-refractivity contribution in [3.8, 4) is 5.75 Å². The van der Waals surface area contributed by atoms with Crippen molar-refractivity contribution in [1.29, 1.82) is 0 Å². The van der Waals surface area contributed by atoms with Crippen LogP contribution in [0.1, 0.15) is 11.1 Å². The summed E-state index contributed by atoms with van der Waals surface area (Å²) in [5, 5.41) is 5.77. The Kier molecular flexibility index (Phi) is 7.14. The fourth-order valence-electron chi connectivity index (χ4n) is 2.56. The molecule has 2 aromatic carbocycles. The van der Waals surface area contributed by atoms with Gasteiger partial charge in [0, 0.05) is 32.9 Å². The van der Waals surface area contributed by atoms with Crippen LogP contribution in [-0.2, 0) is 12.8 Å². The number of nitrogens with one attached hydrogen (secondary N) is 2. The lowest BCUT2D eigenvalue weighted by Crippen LogP contribution is -2.37. The largest absolute Gasteiger partial charge is 0.496 e. The summed E-state index contributed by atoms with van der Waals surface area (Å²) in [5.74, 6) is 0.853. The quantitative estimate of drug-likeness (QED) is 0.776. The molecule has 0 spiro atoms. The van der Waals surface area contributed by atoms with Crippen molar-refractivity contribution in [1.82, 2.24) is 10.6 Å². The molecule has 0 unspecified atom stereocenters. The number of methoxy groups -OCH3 is 1. The molecule has 5 nitrogen and oxygen atoms in total. The predicted molar refractivity (Wildman–Crippen MR) is 103 cm³/mol. The molecule has 2 N–H and O–H groups in total. The van der Waals surface area contributed by atoms with E-state index in [0.717, 1.165) is 24.2 Å². The molecule has 134 valence electrons. The molecular formula is C20H27N3O2. The molecule has 0 aliphatic carbocycles. The van der Waals surface area contributed by atoms with Gasteiger partial charge >= 0.3 is 6.03 Å². The van der Waals surface area contributed by atoms with Crippen LogP contribution in [0.4, 0.5) is 10.5 Å². The molecule has 2 rings (SSSR count). The third-order valence-corrected chi connectivity index (χ3v) is 4.02. The number of urea groups is 1. The van der Waals surface area contributed by atoms with Crippen molar-refractivity contribution in [2.45, 2.75) is 12.8 Å². The number of carbonyl (C=O) groups excluding carboxylic acids is 1. The minimum Gasteiger partial charge on any atom is -0.496 e. The van der Waals surface area contributed by atoms with Gasteiger partial charge in [-0.2, -0.15) is 0 Å². The smallest absolute Gasteiger partial charge is 0.314 e. The third-order valence-electron chi connectivity index (χ3n) is 4.02. The summed E-state index contributed by atoms with van der Waals surface area (Å²) in [4.78, 5) is 13.9. The van der Waals surface area contributed by atoms with Crippen LogP contribution < -0.4 is 20.3 Å². The first kappa shape index (κ1) is 18.6. The maximum absolute atomic E-state index is 11.9. The molecule has 2 amide bonds. The number of nitrogens with zero attached hydrogens (tertiary/aromatic N) is 1. The molecule has 0 radical (unpaired) electrons. The number of benzene rings is 2. The van der Waals surface area contributed by atoms with Crippen LogP contribution in [0.5, 0.6) is 5.75 Å². The minimum absolute atomic E-state index is 0.139. The van der Waals surface area contributed by atoms with E-state index in [0.29, 0.717) is 13.1 Å². The molecule has 0 aliphatic heterocycles. The normalized spacial score (nSPS) is 10.2. The lowest BCUT2D eigenvalue weighted by molar-refractivity contribution is 0.241. The molecule has 0 bridgehead atoms. The Morgan fingerprint density at radius 1 is 0.960 bits per heavy atom. The topological polar surface area (TPSA) is 53.6 Å². The van der Waals surface area contributed by atoms with E-state index in [1.165, 1.54) is 11.3 Å². The van der Waals surface area contributed by atoms with E-state index >= 15 is 0 Å². The van der Waals surface area contributed by atoms with Gasteiger partial charge in [-0.3, -0.25) is 0 Å². The van der Waals surface area contributed by atoms with Gasteiger partial charge in [0.05, 0.1) is 7.11 Å². The maximum atomic E-state index is 11.9. The number of rotatable bonds is 8. The van der Waals surface area contributed by atoms with Gasteiger partial charge in [0.15, 0.2) is 0 Å². The van der Waals surface area contributed by atoms with Gasteiger partial charge in [-0.05, 0) is 42.2 Å². The van der Waals surface area contributed by atoms with Gasteiger partial charge in [0.25, 0.3) is 0 Å². The van der Waals surface area contributed by atoms with E-state index < -0.39 is 0 Å². The summed E-state index contributed by atoms with van der Waals surface area (Å²) in [5.41, 5.74) is 3.47. The lowest BCUT2D eigenvalue weighted by atomic mass is 10.1. The lowest BCUT2D eigenvalue weighted by Gasteiger charge is -2.13. The van der Waals surface area contributed by atoms with Crippen molar-refractivity contribution in [2.24, 2.45) is 0 Å². The Morgan fingerprint density at radius 2 is 1.60 bits per heavy atom. The zero-order valence-corrected chi connectivity index (χ0v) is 15.2. The van der Waals surface area contributed by atoms with Crippen LogP contribution in [0, 0.1) is 0 Å². The second-order valence-corrected chi connectivity index (χ2v) is 6.06. The highest BCUT2D eigenvalue weighted by molar-refractivity contribution is 5.73. The molecule has 0 aliphatic rings. The number of hydrogen-bond donors (Lipinski definition) is 2. The Hall–Kier alpha value is -2.69. The zero-order chi connectivity index (χ0) is 18.1. The van der Waals surface area contributed by atoms with E-state index in [1.807, 2.05) is 38.4 Å². The summed E-state index contributed by atoms with van der Waals surface area (Å²) in [6, 6.07) is 16.1. The first-order valence-electron chi connectivity index (χ1n) is 8.50. The third kappa shape index (κ3) is 6.03. The fraction of sp³-hybridized carbons (Fsp3) is 0.350. The summed E-state index contributed by atoms with van der Waals surface area (Å²) < 4.78 is 5.31. The van der Waals surface area contributed by atoms with Gasteiger partial charge in [-0.25, -0.2) is 4.79 Å². The monoisotopic (exact) mass is 341 g/mol. The molecule has 0 heterocycles. The summed E-state index contributed by atoms with van der Waals surface area (Å²) >= 11 is 0. The SMILES string of the molecule is COc1ccccc1CCNC(=O)NCCc1ccc(N(C)C)cc1. The van der Waals surface area contributed by atoms with Gasteiger partial charge in [0.1, 0.15) is 5.75 Å². The van der Waals surface area contributed by atoms with Gasteiger partial charge < -0.3 is 20.3 Å². The maximum Gasteiger partial charge on any atom is 0.314 e. The van der Waals surface area contributed by atoms with Crippen molar-refractivity contribution in [3.05, 3.63) is 59.7 Å².